The highest BCUT2D eigenvalue weighted by Gasteiger charge is 2.24. The molecule has 1 aromatic heterocycles. The number of nitro groups is 1. The van der Waals surface area contributed by atoms with Crippen molar-refractivity contribution in [3.05, 3.63) is 58.3 Å². The van der Waals surface area contributed by atoms with Gasteiger partial charge in [-0.2, -0.15) is 0 Å². The lowest BCUT2D eigenvalue weighted by atomic mass is 10.3. The van der Waals surface area contributed by atoms with Crippen LogP contribution < -0.4 is 9.62 Å². The Kier molecular flexibility index (Phi) is 5.45. The number of hydrogen-bond acceptors (Lipinski definition) is 7. The Hall–Kier alpha value is -2.56. The molecule has 138 valence electrons. The summed E-state index contributed by atoms with van der Waals surface area (Å²) in [6.45, 7) is 2.82. The van der Waals surface area contributed by atoms with Gasteiger partial charge in [0.05, 0.1) is 18.1 Å². The minimum atomic E-state index is -4.01. The number of sulfonamides is 1. The van der Waals surface area contributed by atoms with E-state index in [1.54, 1.807) is 12.3 Å². The Morgan fingerprint density at radius 3 is 2.58 bits per heavy atom. The lowest BCUT2D eigenvalue weighted by Gasteiger charge is -2.27. The van der Waals surface area contributed by atoms with Crippen molar-refractivity contribution in [3.63, 3.8) is 0 Å². The second-order valence-corrected chi connectivity index (χ2v) is 7.41. The third kappa shape index (κ3) is 4.15. The molecule has 3 rings (SSSR count). The van der Waals surface area contributed by atoms with Crippen molar-refractivity contribution in [1.82, 2.24) is 9.71 Å². The molecule has 0 unspecified atom stereocenters. The first-order valence-corrected chi connectivity index (χ1v) is 9.46. The van der Waals surface area contributed by atoms with Gasteiger partial charge in [-0.3, -0.25) is 10.1 Å². The Morgan fingerprint density at radius 1 is 1.19 bits per heavy atom. The van der Waals surface area contributed by atoms with E-state index >= 15 is 0 Å². The van der Waals surface area contributed by atoms with Crippen molar-refractivity contribution in [3.8, 4) is 0 Å². The van der Waals surface area contributed by atoms with Crippen LogP contribution in [0.15, 0.2) is 47.5 Å². The minimum Gasteiger partial charge on any atom is -0.378 e. The van der Waals surface area contributed by atoms with Gasteiger partial charge in [-0.15, -0.1) is 0 Å². The molecule has 0 atom stereocenters. The molecular weight excluding hydrogens is 360 g/mol. The number of morpholine rings is 1. The van der Waals surface area contributed by atoms with E-state index in [9.17, 15) is 18.5 Å². The quantitative estimate of drug-likeness (QED) is 0.595. The van der Waals surface area contributed by atoms with Crippen molar-refractivity contribution >= 4 is 21.5 Å². The molecule has 9 nitrogen and oxygen atoms in total. The zero-order chi connectivity index (χ0) is 18.6. The van der Waals surface area contributed by atoms with Crippen LogP contribution in [-0.2, 0) is 21.3 Å². The smallest absolute Gasteiger partial charge is 0.289 e. The van der Waals surface area contributed by atoms with Gasteiger partial charge in [-0.1, -0.05) is 18.2 Å². The molecule has 1 aliphatic rings. The summed E-state index contributed by atoms with van der Waals surface area (Å²) >= 11 is 0. The molecule has 1 saturated heterocycles. The number of para-hydroxylation sites is 1. The molecule has 1 aliphatic heterocycles. The van der Waals surface area contributed by atoms with E-state index in [-0.39, 0.29) is 11.4 Å². The fourth-order valence-electron chi connectivity index (χ4n) is 2.59. The molecule has 1 fully saturated rings. The number of benzene rings is 1. The predicted octanol–water partition coefficient (Wildman–Crippen LogP) is 1.30. The first-order chi connectivity index (χ1) is 12.5. The van der Waals surface area contributed by atoms with E-state index in [1.807, 2.05) is 6.07 Å². The molecule has 0 aliphatic carbocycles. The first kappa shape index (κ1) is 18.2. The zero-order valence-electron chi connectivity index (χ0n) is 13.9. The molecule has 0 spiro atoms. The molecule has 2 aromatic rings. The topological polar surface area (TPSA) is 115 Å². The molecule has 1 N–H and O–H groups in total. The number of aromatic nitrogens is 1. The van der Waals surface area contributed by atoms with Gasteiger partial charge in [0.25, 0.3) is 5.69 Å². The van der Waals surface area contributed by atoms with Crippen LogP contribution in [0.5, 0.6) is 0 Å². The first-order valence-electron chi connectivity index (χ1n) is 7.98. The average Bonchev–Trinajstić information content (AvgIpc) is 2.67. The minimum absolute atomic E-state index is 0.00915. The lowest BCUT2D eigenvalue weighted by Crippen LogP contribution is -2.36. The molecule has 0 bridgehead atoms. The Balaban J connectivity index is 1.69. The molecule has 10 heteroatoms. The monoisotopic (exact) mass is 378 g/mol. The van der Waals surface area contributed by atoms with Crippen LogP contribution in [0, 0.1) is 10.1 Å². The van der Waals surface area contributed by atoms with E-state index in [1.165, 1.54) is 18.2 Å². The molecular formula is C16H18N4O5S. The third-order valence-corrected chi connectivity index (χ3v) is 5.41. The maximum Gasteiger partial charge on any atom is 0.289 e. The number of nitrogens with one attached hydrogen (secondary N) is 1. The summed E-state index contributed by atoms with van der Waals surface area (Å²) in [5, 5.41) is 11.0. The number of pyridine rings is 1. The van der Waals surface area contributed by atoms with Gasteiger partial charge in [-0.05, 0) is 17.7 Å². The van der Waals surface area contributed by atoms with Crippen LogP contribution in [0.2, 0.25) is 0 Å². The second-order valence-electron chi connectivity index (χ2n) is 5.67. The van der Waals surface area contributed by atoms with Crippen LogP contribution in [-0.4, -0.2) is 44.6 Å². The predicted molar refractivity (Wildman–Crippen MR) is 94.4 cm³/mol. The van der Waals surface area contributed by atoms with Gasteiger partial charge < -0.3 is 9.64 Å². The number of rotatable bonds is 6. The number of anilines is 1. The van der Waals surface area contributed by atoms with E-state index in [0.29, 0.717) is 18.8 Å². The number of hydrogen-bond donors (Lipinski definition) is 1. The Bertz CT molecular complexity index is 880. The fourth-order valence-corrected chi connectivity index (χ4v) is 3.78. The highest BCUT2D eigenvalue weighted by molar-refractivity contribution is 7.89. The summed E-state index contributed by atoms with van der Waals surface area (Å²) in [4.78, 5) is 16.4. The summed E-state index contributed by atoms with van der Waals surface area (Å²) in [7, 11) is -4.01. The van der Waals surface area contributed by atoms with Crippen LogP contribution in [0.25, 0.3) is 0 Å². The highest BCUT2D eigenvalue weighted by Crippen LogP contribution is 2.23. The van der Waals surface area contributed by atoms with Crippen molar-refractivity contribution in [2.24, 2.45) is 0 Å². The molecule has 26 heavy (non-hydrogen) atoms. The van der Waals surface area contributed by atoms with Crippen LogP contribution in [0.1, 0.15) is 5.56 Å². The van der Waals surface area contributed by atoms with Crippen LogP contribution >= 0.6 is 0 Å². The SMILES string of the molecule is O=[N+]([O-])c1ccccc1S(=O)(=O)NCc1ccc(N2CCOCC2)nc1. The number of nitro benzene ring substituents is 1. The van der Waals surface area contributed by atoms with Gasteiger partial charge in [-0.25, -0.2) is 18.1 Å². The summed E-state index contributed by atoms with van der Waals surface area (Å²) in [6.07, 6.45) is 1.59. The third-order valence-electron chi connectivity index (χ3n) is 3.96. The molecule has 2 heterocycles. The van der Waals surface area contributed by atoms with Crippen molar-refractivity contribution in [2.45, 2.75) is 11.4 Å². The van der Waals surface area contributed by atoms with E-state index in [2.05, 4.69) is 14.6 Å². The summed E-state index contributed by atoms with van der Waals surface area (Å²) in [6, 6.07) is 8.83. The van der Waals surface area contributed by atoms with Crippen LogP contribution in [0.3, 0.4) is 0 Å². The van der Waals surface area contributed by atoms with Gasteiger partial charge >= 0.3 is 0 Å². The zero-order valence-corrected chi connectivity index (χ0v) is 14.7. The number of ether oxygens (including phenoxy) is 1. The van der Waals surface area contributed by atoms with Crippen molar-refractivity contribution in [1.29, 1.82) is 0 Å². The lowest BCUT2D eigenvalue weighted by molar-refractivity contribution is -0.387. The summed E-state index contributed by atoms with van der Waals surface area (Å²) in [5.41, 5.74) is 0.199. The van der Waals surface area contributed by atoms with E-state index in [0.717, 1.165) is 25.0 Å². The van der Waals surface area contributed by atoms with E-state index < -0.39 is 20.6 Å². The van der Waals surface area contributed by atoms with Gasteiger partial charge in [0, 0.05) is 31.9 Å². The maximum absolute atomic E-state index is 12.4. The van der Waals surface area contributed by atoms with Gasteiger partial charge in [0.1, 0.15) is 5.82 Å². The normalized spacial score (nSPS) is 15.0. The van der Waals surface area contributed by atoms with Crippen LogP contribution in [0.4, 0.5) is 11.5 Å². The Morgan fingerprint density at radius 2 is 1.92 bits per heavy atom. The van der Waals surface area contributed by atoms with Crippen molar-refractivity contribution < 1.29 is 18.1 Å². The van der Waals surface area contributed by atoms with Crippen molar-refractivity contribution in [2.75, 3.05) is 31.2 Å². The maximum atomic E-state index is 12.4. The second kappa shape index (κ2) is 7.77. The van der Waals surface area contributed by atoms with Gasteiger partial charge in [0.15, 0.2) is 4.90 Å². The van der Waals surface area contributed by atoms with Gasteiger partial charge in [0.2, 0.25) is 10.0 Å². The fraction of sp³-hybridized carbons (Fsp3) is 0.312. The molecule has 0 amide bonds. The Labute approximate surface area is 150 Å². The summed E-state index contributed by atoms with van der Waals surface area (Å²) in [5.74, 6) is 0.804. The molecule has 0 radical (unpaired) electrons. The molecule has 1 aromatic carbocycles. The molecule has 0 saturated carbocycles. The average molecular weight is 378 g/mol. The largest absolute Gasteiger partial charge is 0.378 e. The standard InChI is InChI=1S/C16H18N4O5S/c21-20(22)14-3-1-2-4-15(14)26(23,24)18-12-13-5-6-16(17-11-13)19-7-9-25-10-8-19/h1-6,11,18H,7-10,12H2. The number of nitrogens with zero attached hydrogens (tertiary/aromatic N) is 3. The summed E-state index contributed by atoms with van der Waals surface area (Å²) < 4.78 is 32.4. The highest BCUT2D eigenvalue weighted by atomic mass is 32.2. The van der Waals surface area contributed by atoms with E-state index in [4.69, 9.17) is 4.74 Å².